The minimum absolute atomic E-state index is 0.0724. The van der Waals surface area contributed by atoms with Gasteiger partial charge in [0.1, 0.15) is 6.04 Å². The van der Waals surface area contributed by atoms with Gasteiger partial charge in [0.05, 0.1) is 24.5 Å². The number of amides is 3. The maximum Gasteiger partial charge on any atom is 0.247 e. The molecule has 3 amide bonds. The summed E-state index contributed by atoms with van der Waals surface area (Å²) in [5.74, 6) is -2.40. The number of rotatable bonds is 6. The number of aryl methyl sites for hydroxylation is 2. The van der Waals surface area contributed by atoms with Crippen molar-refractivity contribution in [2.75, 3.05) is 19.0 Å². The number of likely N-dealkylation sites (tertiary alicyclic amines) is 1. The Labute approximate surface area is 183 Å². The highest BCUT2D eigenvalue weighted by Gasteiger charge is 2.57. The third-order valence-electron chi connectivity index (χ3n) is 6.80. The molecular weight excluding hydrogens is 394 g/mol. The molecule has 168 valence electrons. The van der Waals surface area contributed by atoms with Crippen molar-refractivity contribution < 1.29 is 19.5 Å². The number of carbonyl (C=O) groups excluding carboxylic acids is 3. The standard InChI is InChI=1S/C24H33N3O4/c1-6-16-10-11-17-19(18(16)22(29)25-5)24(31)27(15(4)12-28)21(17)23(30)26-20-13(2)8-7-9-14(20)3/h7-11,15-19,21,28H,6,12H2,1-5H3,(H,25,29)(H,26,30)/t15-,16-,17+,18-,19-,21+/m1/s1. The zero-order valence-corrected chi connectivity index (χ0v) is 18.9. The number of nitrogens with one attached hydrogen (secondary N) is 2. The molecule has 2 aliphatic rings. The zero-order valence-electron chi connectivity index (χ0n) is 18.9. The molecule has 7 nitrogen and oxygen atoms in total. The van der Waals surface area contributed by atoms with E-state index in [1.54, 1.807) is 14.0 Å². The van der Waals surface area contributed by atoms with Crippen molar-refractivity contribution in [3.63, 3.8) is 0 Å². The molecule has 1 aliphatic carbocycles. The number of para-hydroxylation sites is 1. The molecule has 1 aliphatic heterocycles. The molecule has 0 unspecified atom stereocenters. The highest BCUT2D eigenvalue weighted by molar-refractivity contribution is 6.02. The van der Waals surface area contributed by atoms with Gasteiger partial charge >= 0.3 is 0 Å². The van der Waals surface area contributed by atoms with Crippen molar-refractivity contribution in [1.29, 1.82) is 0 Å². The normalized spacial score (nSPS) is 28.3. The van der Waals surface area contributed by atoms with Gasteiger partial charge in [-0.25, -0.2) is 0 Å². The lowest BCUT2D eigenvalue weighted by Gasteiger charge is -2.34. The Morgan fingerprint density at radius 2 is 1.81 bits per heavy atom. The number of anilines is 1. The van der Waals surface area contributed by atoms with Gasteiger partial charge in [-0.2, -0.15) is 0 Å². The van der Waals surface area contributed by atoms with Gasteiger partial charge in [0.15, 0.2) is 0 Å². The number of carbonyl (C=O) groups is 3. The number of aliphatic hydroxyl groups excluding tert-OH is 1. The fourth-order valence-electron chi connectivity index (χ4n) is 5.13. The average molecular weight is 428 g/mol. The fraction of sp³-hybridized carbons (Fsp3) is 0.542. The highest BCUT2D eigenvalue weighted by atomic mass is 16.3. The van der Waals surface area contributed by atoms with Crippen LogP contribution in [0, 0.1) is 37.5 Å². The molecule has 0 spiro atoms. The Balaban J connectivity index is 2.04. The van der Waals surface area contributed by atoms with Crippen molar-refractivity contribution in [2.24, 2.45) is 23.7 Å². The lowest BCUT2D eigenvalue weighted by molar-refractivity contribution is -0.142. The van der Waals surface area contributed by atoms with Gasteiger partial charge in [-0.05, 0) is 44.2 Å². The van der Waals surface area contributed by atoms with Crippen molar-refractivity contribution in [2.45, 2.75) is 46.2 Å². The second-order valence-electron chi connectivity index (χ2n) is 8.68. The molecular formula is C24H33N3O4. The molecule has 1 saturated heterocycles. The molecule has 3 rings (SSSR count). The molecule has 1 aromatic rings. The minimum Gasteiger partial charge on any atom is -0.394 e. The van der Waals surface area contributed by atoms with E-state index < -0.39 is 29.8 Å². The van der Waals surface area contributed by atoms with Gasteiger partial charge in [-0.1, -0.05) is 37.3 Å². The van der Waals surface area contributed by atoms with Crippen LogP contribution in [0.4, 0.5) is 5.69 Å². The van der Waals surface area contributed by atoms with Crippen LogP contribution in [0.25, 0.3) is 0 Å². The van der Waals surface area contributed by atoms with Crippen LogP contribution >= 0.6 is 0 Å². The van der Waals surface area contributed by atoms with E-state index in [0.29, 0.717) is 0 Å². The molecule has 31 heavy (non-hydrogen) atoms. The molecule has 0 bridgehead atoms. The van der Waals surface area contributed by atoms with Crippen LogP contribution in [0.2, 0.25) is 0 Å². The summed E-state index contributed by atoms with van der Waals surface area (Å²) in [5, 5.41) is 15.5. The van der Waals surface area contributed by atoms with Crippen molar-refractivity contribution in [1.82, 2.24) is 10.2 Å². The highest BCUT2D eigenvalue weighted by Crippen LogP contribution is 2.45. The first-order valence-electron chi connectivity index (χ1n) is 11.0. The number of fused-ring (bicyclic) bond motifs is 1. The van der Waals surface area contributed by atoms with Crippen LogP contribution in [-0.2, 0) is 14.4 Å². The van der Waals surface area contributed by atoms with Gasteiger partial charge in [0, 0.05) is 18.7 Å². The number of hydrogen-bond donors (Lipinski definition) is 3. The number of benzene rings is 1. The predicted molar refractivity (Wildman–Crippen MR) is 119 cm³/mol. The van der Waals surface area contributed by atoms with Gasteiger partial charge in [-0.3, -0.25) is 14.4 Å². The SMILES string of the molecule is CC[C@@H]1C=C[C@H]2[C@@H](C(=O)N([C@H](C)CO)[C@@H]2C(=O)Nc2c(C)cccc2C)[C@@H]1C(=O)NC. The van der Waals surface area contributed by atoms with E-state index in [-0.39, 0.29) is 30.2 Å². The monoisotopic (exact) mass is 427 g/mol. The Morgan fingerprint density at radius 1 is 1.16 bits per heavy atom. The van der Waals surface area contributed by atoms with Crippen LogP contribution in [0.5, 0.6) is 0 Å². The number of nitrogens with zero attached hydrogens (tertiary/aromatic N) is 1. The average Bonchev–Trinajstić information content (AvgIpc) is 3.07. The second kappa shape index (κ2) is 9.22. The Hall–Kier alpha value is -2.67. The molecule has 1 heterocycles. The van der Waals surface area contributed by atoms with Crippen molar-refractivity contribution >= 4 is 23.4 Å². The molecule has 0 saturated carbocycles. The quantitative estimate of drug-likeness (QED) is 0.605. The number of aliphatic hydroxyl groups is 1. The van der Waals surface area contributed by atoms with E-state index in [2.05, 4.69) is 10.6 Å². The van der Waals surface area contributed by atoms with Crippen LogP contribution in [0.3, 0.4) is 0 Å². The van der Waals surface area contributed by atoms with Gasteiger partial charge < -0.3 is 20.6 Å². The third-order valence-corrected chi connectivity index (χ3v) is 6.80. The molecule has 1 aromatic carbocycles. The van der Waals surface area contributed by atoms with E-state index in [4.69, 9.17) is 0 Å². The zero-order chi connectivity index (χ0) is 22.9. The maximum atomic E-state index is 13.6. The summed E-state index contributed by atoms with van der Waals surface area (Å²) in [6.45, 7) is 7.30. The van der Waals surface area contributed by atoms with Crippen LogP contribution in [-0.4, -0.2) is 53.5 Å². The first kappa shape index (κ1) is 23.0. The lowest BCUT2D eigenvalue weighted by atomic mass is 9.69. The van der Waals surface area contributed by atoms with E-state index in [1.165, 1.54) is 4.90 Å². The Morgan fingerprint density at radius 3 is 2.35 bits per heavy atom. The molecule has 0 radical (unpaired) electrons. The molecule has 6 atom stereocenters. The second-order valence-corrected chi connectivity index (χ2v) is 8.68. The van der Waals surface area contributed by atoms with Crippen molar-refractivity contribution in [3.8, 4) is 0 Å². The molecule has 7 heteroatoms. The summed E-state index contributed by atoms with van der Waals surface area (Å²) in [6, 6.07) is 4.45. The van der Waals surface area contributed by atoms with E-state index >= 15 is 0 Å². The topological polar surface area (TPSA) is 98.7 Å². The third kappa shape index (κ3) is 3.99. The predicted octanol–water partition coefficient (Wildman–Crippen LogP) is 2.02. The molecule has 1 fully saturated rings. The maximum absolute atomic E-state index is 13.6. The number of allylic oxidation sites excluding steroid dienone is 1. The first-order chi connectivity index (χ1) is 14.8. The largest absolute Gasteiger partial charge is 0.394 e. The number of hydrogen-bond acceptors (Lipinski definition) is 4. The van der Waals surface area contributed by atoms with Gasteiger partial charge in [0.2, 0.25) is 17.7 Å². The van der Waals surface area contributed by atoms with E-state index in [9.17, 15) is 19.5 Å². The Kier molecular flexibility index (Phi) is 6.84. The molecule has 3 N–H and O–H groups in total. The summed E-state index contributed by atoms with van der Waals surface area (Å²) in [6.07, 6.45) is 4.62. The summed E-state index contributed by atoms with van der Waals surface area (Å²) in [7, 11) is 1.57. The van der Waals surface area contributed by atoms with E-state index in [1.807, 2.05) is 51.1 Å². The van der Waals surface area contributed by atoms with Crippen LogP contribution in [0.15, 0.2) is 30.4 Å². The summed E-state index contributed by atoms with van der Waals surface area (Å²) in [4.78, 5) is 41.3. The Bertz CT molecular complexity index is 877. The summed E-state index contributed by atoms with van der Waals surface area (Å²) >= 11 is 0. The fourth-order valence-corrected chi connectivity index (χ4v) is 5.13. The smallest absolute Gasteiger partial charge is 0.247 e. The lowest BCUT2D eigenvalue weighted by Crippen LogP contribution is -2.49. The first-order valence-corrected chi connectivity index (χ1v) is 11.0. The minimum atomic E-state index is -0.792. The summed E-state index contributed by atoms with van der Waals surface area (Å²) < 4.78 is 0. The van der Waals surface area contributed by atoms with Crippen LogP contribution in [0.1, 0.15) is 31.4 Å². The van der Waals surface area contributed by atoms with Gasteiger partial charge in [-0.15, -0.1) is 0 Å². The summed E-state index contributed by atoms with van der Waals surface area (Å²) in [5.41, 5.74) is 2.60. The van der Waals surface area contributed by atoms with Crippen molar-refractivity contribution in [3.05, 3.63) is 41.5 Å². The van der Waals surface area contributed by atoms with E-state index in [0.717, 1.165) is 23.2 Å². The van der Waals surface area contributed by atoms with Gasteiger partial charge in [0.25, 0.3) is 0 Å². The molecule has 0 aromatic heterocycles. The van der Waals surface area contributed by atoms with Crippen LogP contribution < -0.4 is 10.6 Å².